The fourth-order valence-corrected chi connectivity index (χ4v) is 2.97. The number of nitrogens with zero attached hydrogens (tertiary/aromatic N) is 3. The van der Waals surface area contributed by atoms with Crippen molar-refractivity contribution in [3.63, 3.8) is 0 Å². The van der Waals surface area contributed by atoms with Crippen LogP contribution in [0.25, 0.3) is 4.96 Å². The van der Waals surface area contributed by atoms with E-state index in [-0.39, 0.29) is 5.56 Å². The molecule has 1 N–H and O–H groups in total. The molecule has 3 rings (SSSR count). The SMILES string of the molecule is Cc1nc2scc(CCNC(=O)c3ccc(F)cc3F)n2n1. The van der Waals surface area contributed by atoms with E-state index in [1.807, 2.05) is 12.3 Å². The van der Waals surface area contributed by atoms with Crippen molar-refractivity contribution < 1.29 is 13.6 Å². The number of halogens is 2. The topological polar surface area (TPSA) is 59.3 Å². The van der Waals surface area contributed by atoms with Gasteiger partial charge in [0.15, 0.2) is 0 Å². The number of hydrogen-bond donors (Lipinski definition) is 1. The molecule has 0 aliphatic heterocycles. The highest BCUT2D eigenvalue weighted by Gasteiger charge is 2.13. The molecule has 5 nitrogen and oxygen atoms in total. The van der Waals surface area contributed by atoms with Crippen LogP contribution in [-0.2, 0) is 6.42 Å². The van der Waals surface area contributed by atoms with Crippen LogP contribution in [0.2, 0.25) is 0 Å². The molecule has 8 heteroatoms. The molecule has 0 saturated carbocycles. The number of carbonyl (C=O) groups is 1. The van der Waals surface area contributed by atoms with Gasteiger partial charge in [0.1, 0.15) is 17.5 Å². The lowest BCUT2D eigenvalue weighted by Gasteiger charge is -2.05. The van der Waals surface area contributed by atoms with Gasteiger partial charge in [-0.15, -0.1) is 11.3 Å². The number of amides is 1. The average Bonchev–Trinajstić information content (AvgIpc) is 2.99. The molecule has 1 aromatic carbocycles. The Balaban J connectivity index is 1.64. The second kappa shape index (κ2) is 5.80. The van der Waals surface area contributed by atoms with Crippen molar-refractivity contribution in [3.05, 3.63) is 52.3 Å². The van der Waals surface area contributed by atoms with Crippen LogP contribution < -0.4 is 5.32 Å². The second-order valence-corrected chi connectivity index (χ2v) is 5.55. The maximum atomic E-state index is 13.5. The lowest BCUT2D eigenvalue weighted by molar-refractivity contribution is 0.0950. The summed E-state index contributed by atoms with van der Waals surface area (Å²) in [5.41, 5.74) is 0.744. The van der Waals surface area contributed by atoms with Gasteiger partial charge in [-0.05, 0) is 19.1 Å². The van der Waals surface area contributed by atoms with E-state index in [1.54, 1.807) is 4.52 Å². The molecule has 114 valence electrons. The molecule has 0 saturated heterocycles. The van der Waals surface area contributed by atoms with Crippen molar-refractivity contribution in [1.82, 2.24) is 19.9 Å². The van der Waals surface area contributed by atoms with Crippen molar-refractivity contribution in [2.24, 2.45) is 0 Å². The molecule has 2 aromatic heterocycles. The Hall–Kier alpha value is -2.35. The van der Waals surface area contributed by atoms with Gasteiger partial charge in [0.05, 0.1) is 11.3 Å². The zero-order chi connectivity index (χ0) is 15.7. The van der Waals surface area contributed by atoms with Gasteiger partial charge in [0, 0.05) is 24.4 Å². The largest absolute Gasteiger partial charge is 0.352 e. The molecule has 0 aliphatic rings. The molecule has 0 fully saturated rings. The molecule has 3 aromatic rings. The highest BCUT2D eigenvalue weighted by atomic mass is 32.1. The summed E-state index contributed by atoms with van der Waals surface area (Å²) in [7, 11) is 0. The van der Waals surface area contributed by atoms with Crippen molar-refractivity contribution in [3.8, 4) is 0 Å². The molecular formula is C14H12F2N4OS. The first-order valence-corrected chi connectivity index (χ1v) is 7.45. The van der Waals surface area contributed by atoms with E-state index < -0.39 is 17.5 Å². The minimum atomic E-state index is -0.873. The summed E-state index contributed by atoms with van der Waals surface area (Å²) in [5.74, 6) is -1.47. The highest BCUT2D eigenvalue weighted by molar-refractivity contribution is 7.15. The van der Waals surface area contributed by atoms with Gasteiger partial charge >= 0.3 is 0 Å². The van der Waals surface area contributed by atoms with Crippen molar-refractivity contribution >= 4 is 22.2 Å². The van der Waals surface area contributed by atoms with Crippen molar-refractivity contribution in [2.45, 2.75) is 13.3 Å². The van der Waals surface area contributed by atoms with Crippen LogP contribution in [0.4, 0.5) is 8.78 Å². The zero-order valence-corrected chi connectivity index (χ0v) is 12.5. The fraction of sp³-hybridized carbons (Fsp3) is 0.214. The molecule has 1 amide bonds. The van der Waals surface area contributed by atoms with Crippen LogP contribution in [-0.4, -0.2) is 27.0 Å². The molecule has 0 unspecified atom stereocenters. The minimum Gasteiger partial charge on any atom is -0.352 e. The molecule has 0 bridgehead atoms. The van der Waals surface area contributed by atoms with E-state index in [0.717, 1.165) is 22.8 Å². The lowest BCUT2D eigenvalue weighted by atomic mass is 10.2. The summed E-state index contributed by atoms with van der Waals surface area (Å²) in [6.45, 7) is 2.13. The summed E-state index contributed by atoms with van der Waals surface area (Å²) in [6, 6.07) is 2.87. The Bertz CT molecular complexity index is 843. The number of fused-ring (bicyclic) bond motifs is 1. The molecule has 0 atom stereocenters. The van der Waals surface area contributed by atoms with Gasteiger partial charge in [0.2, 0.25) is 4.96 Å². The van der Waals surface area contributed by atoms with Gasteiger partial charge in [0.25, 0.3) is 5.91 Å². The van der Waals surface area contributed by atoms with Gasteiger partial charge in [-0.1, -0.05) is 0 Å². The van der Waals surface area contributed by atoms with Crippen LogP contribution in [0.1, 0.15) is 21.9 Å². The van der Waals surface area contributed by atoms with Crippen molar-refractivity contribution in [1.29, 1.82) is 0 Å². The van der Waals surface area contributed by atoms with E-state index >= 15 is 0 Å². The highest BCUT2D eigenvalue weighted by Crippen LogP contribution is 2.14. The van der Waals surface area contributed by atoms with E-state index in [0.29, 0.717) is 24.9 Å². The van der Waals surface area contributed by atoms with Gasteiger partial charge in [-0.2, -0.15) is 5.10 Å². The second-order valence-electron chi connectivity index (χ2n) is 4.71. The van der Waals surface area contributed by atoms with E-state index in [2.05, 4.69) is 15.4 Å². The molecule has 2 heterocycles. The summed E-state index contributed by atoms with van der Waals surface area (Å²) in [6.07, 6.45) is 0.539. The van der Waals surface area contributed by atoms with Gasteiger partial charge in [-0.25, -0.2) is 18.3 Å². The zero-order valence-electron chi connectivity index (χ0n) is 11.6. The van der Waals surface area contributed by atoms with Crippen molar-refractivity contribution in [2.75, 3.05) is 6.54 Å². The summed E-state index contributed by atoms with van der Waals surface area (Å²) < 4.78 is 28.0. The summed E-state index contributed by atoms with van der Waals surface area (Å²) >= 11 is 1.47. The number of thiazole rings is 1. The smallest absolute Gasteiger partial charge is 0.254 e. The standard InChI is InChI=1S/C14H12F2N4OS/c1-8-18-14-20(19-8)10(7-22-14)4-5-17-13(21)11-3-2-9(15)6-12(11)16/h2-3,6-7H,4-5H2,1H3,(H,17,21). The number of aryl methyl sites for hydroxylation is 1. The number of nitrogens with one attached hydrogen (secondary N) is 1. The first kappa shape index (κ1) is 14.6. The normalized spacial score (nSPS) is 11.0. The van der Waals surface area contributed by atoms with Gasteiger partial charge in [-0.3, -0.25) is 4.79 Å². The molecule has 0 radical (unpaired) electrons. The lowest BCUT2D eigenvalue weighted by Crippen LogP contribution is -2.26. The number of carbonyl (C=O) groups excluding carboxylic acids is 1. The minimum absolute atomic E-state index is 0.173. The first-order valence-electron chi connectivity index (χ1n) is 6.57. The first-order chi connectivity index (χ1) is 10.5. The third-order valence-corrected chi connectivity index (χ3v) is 3.96. The quantitative estimate of drug-likeness (QED) is 0.802. The van der Waals surface area contributed by atoms with Crippen LogP contribution >= 0.6 is 11.3 Å². The van der Waals surface area contributed by atoms with Crippen LogP contribution in [0.15, 0.2) is 23.6 Å². The predicted molar refractivity (Wildman–Crippen MR) is 78.0 cm³/mol. The Morgan fingerprint density at radius 3 is 3.00 bits per heavy atom. The molecule has 0 spiro atoms. The van der Waals surface area contributed by atoms with E-state index in [9.17, 15) is 13.6 Å². The Kier molecular flexibility index (Phi) is 3.84. The molecule has 22 heavy (non-hydrogen) atoms. The maximum Gasteiger partial charge on any atom is 0.254 e. The van der Waals surface area contributed by atoms with Crippen LogP contribution in [0.3, 0.4) is 0 Å². The van der Waals surface area contributed by atoms with Gasteiger partial charge < -0.3 is 5.32 Å². The fourth-order valence-electron chi connectivity index (χ4n) is 2.07. The average molecular weight is 322 g/mol. The summed E-state index contributed by atoms with van der Waals surface area (Å²) in [5, 5.41) is 8.78. The Morgan fingerprint density at radius 2 is 2.23 bits per heavy atom. The third-order valence-electron chi connectivity index (χ3n) is 3.10. The molecular weight excluding hydrogens is 310 g/mol. The van der Waals surface area contributed by atoms with Crippen LogP contribution in [0.5, 0.6) is 0 Å². The number of benzene rings is 1. The van der Waals surface area contributed by atoms with E-state index in [1.165, 1.54) is 11.3 Å². The Morgan fingerprint density at radius 1 is 1.41 bits per heavy atom. The number of aromatic nitrogens is 3. The number of hydrogen-bond acceptors (Lipinski definition) is 4. The van der Waals surface area contributed by atoms with E-state index in [4.69, 9.17) is 0 Å². The Labute approximate surface area is 128 Å². The predicted octanol–water partition coefficient (Wildman–Crippen LogP) is 2.35. The monoisotopic (exact) mass is 322 g/mol. The van der Waals surface area contributed by atoms with Crippen LogP contribution in [0, 0.1) is 18.6 Å². The molecule has 0 aliphatic carbocycles. The third kappa shape index (κ3) is 2.82. The maximum absolute atomic E-state index is 13.5. The number of rotatable bonds is 4. The summed E-state index contributed by atoms with van der Waals surface area (Å²) in [4.78, 5) is 16.9.